The maximum absolute atomic E-state index is 6.02. The summed E-state index contributed by atoms with van der Waals surface area (Å²) in [6, 6.07) is 14.0. The number of rotatable bonds is 8. The molecule has 1 fully saturated rings. The van der Waals surface area contributed by atoms with Gasteiger partial charge in [-0.2, -0.15) is 0 Å². The summed E-state index contributed by atoms with van der Waals surface area (Å²) in [6.45, 7) is 2.12. The van der Waals surface area contributed by atoms with Crippen molar-refractivity contribution in [1.29, 1.82) is 0 Å². The van der Waals surface area contributed by atoms with Gasteiger partial charge in [0.25, 0.3) is 0 Å². The highest BCUT2D eigenvalue weighted by molar-refractivity contribution is 7.80. The molecule has 1 atom stereocenters. The average Bonchev–Trinajstić information content (AvgIpc) is 3.26. The topological polar surface area (TPSA) is 51.8 Å². The molecule has 6 heteroatoms. The summed E-state index contributed by atoms with van der Waals surface area (Å²) in [7, 11) is 3.28. The Labute approximate surface area is 178 Å². The number of thiocarbonyl (C=S) groups is 1. The van der Waals surface area contributed by atoms with Gasteiger partial charge in [-0.1, -0.05) is 13.0 Å². The van der Waals surface area contributed by atoms with Crippen LogP contribution in [-0.2, 0) is 0 Å². The molecule has 0 unspecified atom stereocenters. The molecule has 2 aromatic carbocycles. The van der Waals surface area contributed by atoms with Gasteiger partial charge in [-0.05, 0) is 86.3 Å². The molecule has 0 amide bonds. The van der Waals surface area contributed by atoms with Crippen molar-refractivity contribution < 1.29 is 14.2 Å². The number of hydrogen-bond acceptors (Lipinski definition) is 4. The lowest BCUT2D eigenvalue weighted by Gasteiger charge is -2.21. The van der Waals surface area contributed by atoms with Gasteiger partial charge >= 0.3 is 0 Å². The van der Waals surface area contributed by atoms with E-state index < -0.39 is 0 Å². The standard InChI is InChI=1S/C23H30N2O3S/c1-4-20(16-9-14-21(26-2)22(15-16)27-3)25-23(29)24-17-10-12-19(13-11-17)28-18-7-5-6-8-18/h9-15,18,20H,4-8H2,1-3H3,(H2,24,25,29)/t20-/m1/s1. The smallest absolute Gasteiger partial charge is 0.171 e. The summed E-state index contributed by atoms with van der Waals surface area (Å²) in [5.74, 6) is 2.34. The first-order chi connectivity index (χ1) is 14.1. The summed E-state index contributed by atoms with van der Waals surface area (Å²) in [5, 5.41) is 7.22. The summed E-state index contributed by atoms with van der Waals surface area (Å²) < 4.78 is 16.8. The predicted molar refractivity (Wildman–Crippen MR) is 121 cm³/mol. The van der Waals surface area contributed by atoms with Gasteiger partial charge in [-0.15, -0.1) is 0 Å². The number of benzene rings is 2. The highest BCUT2D eigenvalue weighted by atomic mass is 32.1. The summed E-state index contributed by atoms with van der Waals surface area (Å²) >= 11 is 5.53. The number of nitrogens with one attached hydrogen (secondary N) is 2. The van der Waals surface area contributed by atoms with Crippen LogP contribution in [0.15, 0.2) is 42.5 Å². The van der Waals surface area contributed by atoms with Crippen LogP contribution in [0.4, 0.5) is 5.69 Å². The molecule has 0 saturated heterocycles. The molecular weight excluding hydrogens is 384 g/mol. The second-order valence-electron chi connectivity index (χ2n) is 7.22. The van der Waals surface area contributed by atoms with Crippen LogP contribution in [0, 0.1) is 0 Å². The van der Waals surface area contributed by atoms with Crippen LogP contribution < -0.4 is 24.8 Å². The average molecular weight is 415 g/mol. The van der Waals surface area contributed by atoms with Gasteiger partial charge in [0.1, 0.15) is 5.75 Å². The fourth-order valence-corrected chi connectivity index (χ4v) is 3.89. The summed E-state index contributed by atoms with van der Waals surface area (Å²) in [4.78, 5) is 0. The maximum Gasteiger partial charge on any atom is 0.171 e. The molecule has 0 radical (unpaired) electrons. The highest BCUT2D eigenvalue weighted by Gasteiger charge is 2.17. The molecule has 29 heavy (non-hydrogen) atoms. The van der Waals surface area contributed by atoms with Crippen LogP contribution in [0.25, 0.3) is 0 Å². The molecule has 0 aromatic heterocycles. The lowest BCUT2D eigenvalue weighted by atomic mass is 10.0. The van der Waals surface area contributed by atoms with Crippen molar-refractivity contribution in [3.8, 4) is 17.2 Å². The van der Waals surface area contributed by atoms with E-state index in [-0.39, 0.29) is 6.04 Å². The quantitative estimate of drug-likeness (QED) is 0.559. The van der Waals surface area contributed by atoms with Crippen LogP contribution in [0.5, 0.6) is 17.2 Å². The van der Waals surface area contributed by atoms with Gasteiger partial charge < -0.3 is 24.8 Å². The molecule has 1 aliphatic rings. The second kappa shape index (κ2) is 10.3. The van der Waals surface area contributed by atoms with Crippen molar-refractivity contribution in [3.05, 3.63) is 48.0 Å². The Bertz CT molecular complexity index is 804. The first-order valence-electron chi connectivity index (χ1n) is 10.2. The van der Waals surface area contributed by atoms with Crippen molar-refractivity contribution in [2.75, 3.05) is 19.5 Å². The second-order valence-corrected chi connectivity index (χ2v) is 7.63. The predicted octanol–water partition coefficient (Wildman–Crippen LogP) is 5.46. The monoisotopic (exact) mass is 414 g/mol. The third-order valence-electron chi connectivity index (χ3n) is 5.24. The van der Waals surface area contributed by atoms with E-state index in [1.165, 1.54) is 12.8 Å². The number of ether oxygens (including phenoxy) is 3. The Morgan fingerprint density at radius 3 is 2.34 bits per heavy atom. The Hall–Kier alpha value is -2.47. The third kappa shape index (κ3) is 5.76. The highest BCUT2D eigenvalue weighted by Crippen LogP contribution is 2.31. The summed E-state index contributed by atoms with van der Waals surface area (Å²) in [5.41, 5.74) is 2.03. The van der Waals surface area contributed by atoms with E-state index in [4.69, 9.17) is 26.4 Å². The van der Waals surface area contributed by atoms with Crippen LogP contribution in [0.3, 0.4) is 0 Å². The minimum Gasteiger partial charge on any atom is -0.493 e. The molecule has 0 bridgehead atoms. The van der Waals surface area contributed by atoms with Crippen LogP contribution in [0.1, 0.15) is 50.6 Å². The maximum atomic E-state index is 6.02. The molecule has 1 saturated carbocycles. The zero-order valence-corrected chi connectivity index (χ0v) is 18.2. The Morgan fingerprint density at radius 1 is 1.03 bits per heavy atom. The lowest BCUT2D eigenvalue weighted by Crippen LogP contribution is -2.32. The fraction of sp³-hybridized carbons (Fsp3) is 0.435. The number of methoxy groups -OCH3 is 2. The van der Waals surface area contributed by atoms with Gasteiger partial charge in [0.15, 0.2) is 16.6 Å². The van der Waals surface area contributed by atoms with Crippen molar-refractivity contribution in [3.63, 3.8) is 0 Å². The Morgan fingerprint density at radius 2 is 1.72 bits per heavy atom. The van der Waals surface area contributed by atoms with Crippen molar-refractivity contribution in [2.24, 2.45) is 0 Å². The molecule has 2 N–H and O–H groups in total. The Balaban J connectivity index is 1.58. The van der Waals surface area contributed by atoms with Crippen LogP contribution in [0.2, 0.25) is 0 Å². The molecule has 1 aliphatic carbocycles. The largest absolute Gasteiger partial charge is 0.493 e. The SMILES string of the molecule is CC[C@@H](NC(=S)Nc1ccc(OC2CCCC2)cc1)c1ccc(OC)c(OC)c1. The lowest BCUT2D eigenvalue weighted by molar-refractivity contribution is 0.210. The molecule has 0 spiro atoms. The van der Waals surface area contributed by atoms with E-state index in [2.05, 4.69) is 17.6 Å². The van der Waals surface area contributed by atoms with Gasteiger partial charge in [0.2, 0.25) is 0 Å². The molecular formula is C23H30N2O3S. The zero-order chi connectivity index (χ0) is 20.6. The molecule has 0 aliphatic heterocycles. The van der Waals surface area contributed by atoms with Gasteiger partial charge in [-0.3, -0.25) is 0 Å². The first kappa shape index (κ1) is 21.2. The van der Waals surface area contributed by atoms with Crippen molar-refractivity contribution in [1.82, 2.24) is 5.32 Å². The molecule has 5 nitrogen and oxygen atoms in total. The van der Waals surface area contributed by atoms with E-state index in [0.29, 0.717) is 22.7 Å². The molecule has 0 heterocycles. The van der Waals surface area contributed by atoms with Crippen molar-refractivity contribution in [2.45, 2.75) is 51.2 Å². The minimum absolute atomic E-state index is 0.0692. The molecule has 156 valence electrons. The number of hydrogen-bond donors (Lipinski definition) is 2. The van der Waals surface area contributed by atoms with E-state index in [1.54, 1.807) is 14.2 Å². The van der Waals surface area contributed by atoms with E-state index in [0.717, 1.165) is 36.3 Å². The van der Waals surface area contributed by atoms with Crippen LogP contribution in [-0.4, -0.2) is 25.4 Å². The number of anilines is 1. The van der Waals surface area contributed by atoms with E-state index in [1.807, 2.05) is 42.5 Å². The summed E-state index contributed by atoms with van der Waals surface area (Å²) in [6.07, 6.45) is 6.09. The third-order valence-corrected chi connectivity index (χ3v) is 5.46. The van der Waals surface area contributed by atoms with E-state index >= 15 is 0 Å². The fourth-order valence-electron chi connectivity index (χ4n) is 3.63. The van der Waals surface area contributed by atoms with Gasteiger partial charge in [0, 0.05) is 5.69 Å². The zero-order valence-electron chi connectivity index (χ0n) is 17.4. The minimum atomic E-state index is 0.0692. The van der Waals surface area contributed by atoms with Gasteiger partial charge in [0.05, 0.1) is 26.4 Å². The normalized spacial score (nSPS) is 14.9. The Kier molecular flexibility index (Phi) is 7.58. The van der Waals surface area contributed by atoms with Crippen molar-refractivity contribution >= 4 is 23.0 Å². The van der Waals surface area contributed by atoms with E-state index in [9.17, 15) is 0 Å². The van der Waals surface area contributed by atoms with Crippen LogP contribution >= 0.6 is 12.2 Å². The molecule has 3 rings (SSSR count). The van der Waals surface area contributed by atoms with Gasteiger partial charge in [-0.25, -0.2) is 0 Å². The first-order valence-corrected chi connectivity index (χ1v) is 10.6. The molecule has 2 aromatic rings.